The molecule has 2 N–H and O–H groups in total. The van der Waals surface area contributed by atoms with Crippen molar-refractivity contribution in [3.63, 3.8) is 0 Å². The van der Waals surface area contributed by atoms with Crippen LogP contribution in [-0.4, -0.2) is 34.3 Å². The average Bonchev–Trinajstić information content (AvgIpc) is 2.80. The molecule has 0 radical (unpaired) electrons. The fourth-order valence-corrected chi connectivity index (χ4v) is 3.79. The van der Waals surface area contributed by atoms with Gasteiger partial charge in [0.2, 0.25) is 0 Å². The number of fused-ring (bicyclic) bond motifs is 1. The van der Waals surface area contributed by atoms with Gasteiger partial charge in [-0.25, -0.2) is 4.79 Å². The molecular weight excluding hydrogens is 330 g/mol. The lowest BCUT2D eigenvalue weighted by Gasteiger charge is -2.29. The van der Waals surface area contributed by atoms with Gasteiger partial charge in [0.1, 0.15) is 0 Å². The first kappa shape index (κ1) is 18.4. The second-order valence-corrected chi connectivity index (χ2v) is 8.34. The summed E-state index contributed by atoms with van der Waals surface area (Å²) in [6, 6.07) is 4.77. The number of nitrogens with one attached hydrogen (secondary N) is 2. The first-order chi connectivity index (χ1) is 12.2. The molecule has 2 aliphatic rings. The SMILES string of the molecule is CC1CCCCC1NC(=O)Nc1ccc2c(c1)C(=O)N(C(C)(C)C)C2=O. The molecule has 6 heteroatoms. The Balaban J connectivity index is 1.72. The van der Waals surface area contributed by atoms with Crippen LogP contribution in [0.15, 0.2) is 18.2 Å². The van der Waals surface area contributed by atoms with Crippen LogP contribution in [0.2, 0.25) is 0 Å². The number of rotatable bonds is 2. The predicted molar refractivity (Wildman–Crippen MR) is 100 cm³/mol. The maximum absolute atomic E-state index is 12.6. The van der Waals surface area contributed by atoms with E-state index >= 15 is 0 Å². The summed E-state index contributed by atoms with van der Waals surface area (Å²) in [7, 11) is 0. The van der Waals surface area contributed by atoms with E-state index in [0.717, 1.165) is 19.3 Å². The van der Waals surface area contributed by atoms with Crippen molar-refractivity contribution >= 4 is 23.5 Å². The van der Waals surface area contributed by atoms with Gasteiger partial charge in [-0.1, -0.05) is 19.8 Å². The van der Waals surface area contributed by atoms with Gasteiger partial charge >= 0.3 is 6.03 Å². The smallest absolute Gasteiger partial charge is 0.319 e. The number of nitrogens with zero attached hydrogens (tertiary/aromatic N) is 1. The highest BCUT2D eigenvalue weighted by atomic mass is 16.2. The lowest BCUT2D eigenvalue weighted by molar-refractivity contribution is 0.0507. The second-order valence-electron chi connectivity index (χ2n) is 8.34. The molecule has 1 heterocycles. The van der Waals surface area contributed by atoms with Crippen LogP contribution in [0.25, 0.3) is 0 Å². The molecule has 2 unspecified atom stereocenters. The largest absolute Gasteiger partial charge is 0.335 e. The van der Waals surface area contributed by atoms with Gasteiger partial charge in [0.15, 0.2) is 0 Å². The van der Waals surface area contributed by atoms with Gasteiger partial charge in [-0.2, -0.15) is 0 Å². The number of carbonyl (C=O) groups excluding carboxylic acids is 3. The van der Waals surface area contributed by atoms with Crippen LogP contribution in [-0.2, 0) is 0 Å². The van der Waals surface area contributed by atoms with E-state index in [1.165, 1.54) is 11.3 Å². The summed E-state index contributed by atoms with van der Waals surface area (Å²) >= 11 is 0. The molecule has 26 heavy (non-hydrogen) atoms. The van der Waals surface area contributed by atoms with Crippen molar-refractivity contribution in [2.45, 2.75) is 65.0 Å². The molecule has 0 saturated heterocycles. The van der Waals surface area contributed by atoms with E-state index in [-0.39, 0.29) is 23.9 Å². The van der Waals surface area contributed by atoms with Gasteiger partial charge < -0.3 is 10.6 Å². The molecule has 0 aromatic heterocycles. The summed E-state index contributed by atoms with van der Waals surface area (Å²) in [6.45, 7) is 7.64. The maximum Gasteiger partial charge on any atom is 0.319 e. The van der Waals surface area contributed by atoms with Crippen LogP contribution in [0.1, 0.15) is 74.1 Å². The summed E-state index contributed by atoms with van der Waals surface area (Å²) in [6.07, 6.45) is 4.47. The molecule has 1 aliphatic heterocycles. The van der Waals surface area contributed by atoms with Crippen LogP contribution < -0.4 is 10.6 Å². The lowest BCUT2D eigenvalue weighted by atomic mass is 9.86. The Hall–Kier alpha value is -2.37. The van der Waals surface area contributed by atoms with Crippen molar-refractivity contribution in [3.8, 4) is 0 Å². The summed E-state index contributed by atoms with van der Waals surface area (Å²) in [5, 5.41) is 5.82. The van der Waals surface area contributed by atoms with E-state index in [1.54, 1.807) is 18.2 Å². The minimum absolute atomic E-state index is 0.178. The topological polar surface area (TPSA) is 78.5 Å². The minimum Gasteiger partial charge on any atom is -0.335 e. The Morgan fingerprint density at radius 2 is 1.73 bits per heavy atom. The number of benzene rings is 1. The Kier molecular flexibility index (Phi) is 4.78. The fraction of sp³-hybridized carbons (Fsp3) is 0.550. The third kappa shape index (κ3) is 3.45. The zero-order valence-corrected chi connectivity index (χ0v) is 15.9. The van der Waals surface area contributed by atoms with Crippen molar-refractivity contribution in [1.82, 2.24) is 10.2 Å². The van der Waals surface area contributed by atoms with E-state index < -0.39 is 5.54 Å². The number of carbonyl (C=O) groups is 3. The van der Waals surface area contributed by atoms with Gasteiger partial charge in [0.25, 0.3) is 11.8 Å². The van der Waals surface area contributed by atoms with Crippen molar-refractivity contribution < 1.29 is 14.4 Å². The maximum atomic E-state index is 12.6. The van der Waals surface area contributed by atoms with Gasteiger partial charge in [-0.05, 0) is 57.7 Å². The molecular formula is C20H27N3O3. The van der Waals surface area contributed by atoms with Crippen LogP contribution in [0, 0.1) is 5.92 Å². The fourth-order valence-electron chi connectivity index (χ4n) is 3.79. The molecule has 2 atom stereocenters. The lowest BCUT2D eigenvalue weighted by Crippen LogP contribution is -2.45. The number of hydrogen-bond acceptors (Lipinski definition) is 3. The second kappa shape index (κ2) is 6.74. The molecule has 1 saturated carbocycles. The Labute approximate surface area is 154 Å². The quantitative estimate of drug-likeness (QED) is 0.791. The molecule has 6 nitrogen and oxygen atoms in total. The average molecular weight is 357 g/mol. The number of amides is 4. The molecule has 1 fully saturated rings. The molecule has 1 aromatic rings. The van der Waals surface area contributed by atoms with Gasteiger partial charge in [-0.15, -0.1) is 0 Å². The predicted octanol–water partition coefficient (Wildman–Crippen LogP) is 3.78. The number of hydrogen-bond donors (Lipinski definition) is 2. The van der Waals surface area contributed by atoms with Crippen LogP contribution in [0.5, 0.6) is 0 Å². The van der Waals surface area contributed by atoms with Gasteiger partial charge in [0, 0.05) is 17.3 Å². The highest BCUT2D eigenvalue weighted by Crippen LogP contribution is 2.31. The van der Waals surface area contributed by atoms with E-state index in [2.05, 4.69) is 17.6 Å². The van der Waals surface area contributed by atoms with Gasteiger partial charge in [0.05, 0.1) is 11.1 Å². The van der Waals surface area contributed by atoms with Crippen molar-refractivity contribution in [1.29, 1.82) is 0 Å². The first-order valence-corrected chi connectivity index (χ1v) is 9.29. The zero-order valence-electron chi connectivity index (χ0n) is 15.9. The molecule has 0 bridgehead atoms. The van der Waals surface area contributed by atoms with Crippen LogP contribution in [0.3, 0.4) is 0 Å². The third-order valence-corrected chi connectivity index (χ3v) is 5.24. The van der Waals surface area contributed by atoms with Crippen molar-refractivity contribution in [3.05, 3.63) is 29.3 Å². The number of imide groups is 1. The molecule has 4 amide bonds. The standard InChI is InChI=1S/C20H27N3O3/c1-12-7-5-6-8-16(12)22-19(26)21-13-9-10-14-15(11-13)18(25)23(17(14)24)20(2,3)4/h9-12,16H,5-8H2,1-4H3,(H2,21,22,26). The number of urea groups is 1. The molecule has 140 valence electrons. The van der Waals surface area contributed by atoms with Gasteiger partial charge in [-0.3, -0.25) is 14.5 Å². The molecule has 1 aliphatic carbocycles. The van der Waals surface area contributed by atoms with E-state index in [0.29, 0.717) is 22.7 Å². The molecule has 3 rings (SSSR count). The van der Waals surface area contributed by atoms with E-state index in [1.807, 2.05) is 20.8 Å². The monoisotopic (exact) mass is 357 g/mol. The van der Waals surface area contributed by atoms with Crippen LogP contribution in [0.4, 0.5) is 10.5 Å². The van der Waals surface area contributed by atoms with Crippen molar-refractivity contribution in [2.75, 3.05) is 5.32 Å². The van der Waals surface area contributed by atoms with Crippen molar-refractivity contribution in [2.24, 2.45) is 5.92 Å². The normalized spacial score (nSPS) is 23.0. The summed E-state index contributed by atoms with van der Waals surface area (Å²) in [5.41, 5.74) is 0.655. The number of anilines is 1. The third-order valence-electron chi connectivity index (χ3n) is 5.24. The Morgan fingerprint density at radius 3 is 2.38 bits per heavy atom. The Morgan fingerprint density at radius 1 is 1.08 bits per heavy atom. The highest BCUT2D eigenvalue weighted by Gasteiger charge is 2.41. The van der Waals surface area contributed by atoms with E-state index in [9.17, 15) is 14.4 Å². The Bertz CT molecular complexity index is 751. The minimum atomic E-state index is -0.588. The van der Waals surface area contributed by atoms with E-state index in [4.69, 9.17) is 0 Å². The summed E-state index contributed by atoms with van der Waals surface area (Å²) < 4.78 is 0. The summed E-state index contributed by atoms with van der Waals surface area (Å²) in [5.74, 6) is -0.138. The highest BCUT2D eigenvalue weighted by molar-refractivity contribution is 6.22. The molecule has 0 spiro atoms. The zero-order chi connectivity index (χ0) is 19.1. The first-order valence-electron chi connectivity index (χ1n) is 9.29. The summed E-state index contributed by atoms with van der Waals surface area (Å²) in [4.78, 5) is 38.7. The van der Waals surface area contributed by atoms with Crippen LogP contribution >= 0.6 is 0 Å². The molecule has 1 aromatic carbocycles.